The van der Waals surface area contributed by atoms with E-state index < -0.39 is 0 Å². The van der Waals surface area contributed by atoms with E-state index in [1.54, 1.807) is 6.07 Å². The molecule has 0 amide bonds. The zero-order valence-electron chi connectivity index (χ0n) is 9.66. The fourth-order valence-corrected chi connectivity index (χ4v) is 1.35. The molecule has 0 atom stereocenters. The van der Waals surface area contributed by atoms with Crippen molar-refractivity contribution in [3.8, 4) is 11.8 Å². The van der Waals surface area contributed by atoms with Gasteiger partial charge in [0.25, 0.3) is 0 Å². The van der Waals surface area contributed by atoms with Crippen molar-refractivity contribution in [2.24, 2.45) is 0 Å². The van der Waals surface area contributed by atoms with E-state index in [-0.39, 0.29) is 6.10 Å². The summed E-state index contributed by atoms with van der Waals surface area (Å²) in [5.41, 5.74) is 1.69. The van der Waals surface area contributed by atoms with Gasteiger partial charge in [0.05, 0.1) is 17.7 Å². The maximum absolute atomic E-state index is 8.82. The van der Waals surface area contributed by atoms with Gasteiger partial charge in [0, 0.05) is 11.5 Å². The quantitative estimate of drug-likeness (QED) is 0.753. The Morgan fingerprint density at radius 3 is 2.47 bits per heavy atom. The van der Waals surface area contributed by atoms with Gasteiger partial charge in [-0.3, -0.25) is 0 Å². The largest absolute Gasteiger partial charge is 0.491 e. The number of benzene rings is 1. The van der Waals surface area contributed by atoms with Crippen LogP contribution in [0.25, 0.3) is 0 Å². The first kappa shape index (κ1) is 11.6. The van der Waals surface area contributed by atoms with Crippen LogP contribution in [0.15, 0.2) is 18.2 Å². The van der Waals surface area contributed by atoms with Gasteiger partial charge in [-0.1, -0.05) is 13.8 Å². The first-order valence-corrected chi connectivity index (χ1v) is 5.06. The fraction of sp³-hybridized carbons (Fsp3) is 0.385. The van der Waals surface area contributed by atoms with Crippen molar-refractivity contribution in [3.05, 3.63) is 35.2 Å². The molecule has 2 nitrogen and oxygen atoms in total. The van der Waals surface area contributed by atoms with Crippen molar-refractivity contribution in [3.63, 3.8) is 0 Å². The second-order valence-electron chi connectivity index (χ2n) is 3.99. The second kappa shape index (κ2) is 4.84. The molecule has 1 radical (unpaired) electrons. The number of hydrogen-bond donors (Lipinski definition) is 0. The molecule has 0 saturated heterocycles. The topological polar surface area (TPSA) is 33.0 Å². The zero-order valence-corrected chi connectivity index (χ0v) is 9.66. The van der Waals surface area contributed by atoms with E-state index in [1.165, 1.54) is 0 Å². The molecule has 2 heteroatoms. The van der Waals surface area contributed by atoms with Gasteiger partial charge >= 0.3 is 0 Å². The Balaban J connectivity index is 3.11. The minimum absolute atomic E-state index is 0.149. The molecule has 1 rings (SSSR count). The molecular formula is C13H16NO. The van der Waals surface area contributed by atoms with Crippen molar-refractivity contribution in [2.45, 2.75) is 33.8 Å². The van der Waals surface area contributed by atoms with E-state index in [9.17, 15) is 0 Å². The van der Waals surface area contributed by atoms with Gasteiger partial charge in [-0.15, -0.1) is 0 Å². The van der Waals surface area contributed by atoms with Gasteiger partial charge in [-0.2, -0.15) is 5.26 Å². The molecule has 0 unspecified atom stereocenters. The number of nitriles is 1. The van der Waals surface area contributed by atoms with Gasteiger partial charge in [0.15, 0.2) is 0 Å². The van der Waals surface area contributed by atoms with Gasteiger partial charge in [-0.25, -0.2) is 0 Å². The average molecular weight is 202 g/mol. The highest BCUT2D eigenvalue weighted by Crippen LogP contribution is 2.27. The Morgan fingerprint density at radius 2 is 2.00 bits per heavy atom. The molecule has 0 heterocycles. The average Bonchev–Trinajstić information content (AvgIpc) is 2.17. The molecule has 0 aliphatic rings. The summed E-state index contributed by atoms with van der Waals surface area (Å²) in [5.74, 6) is 2.01. The maximum Gasteiger partial charge on any atom is 0.123 e. The standard InChI is InChI=1S/C13H16NO/c1-9(2)12-7-11(8-14)5-6-13(12)15-10(3)4/h5-7,10H,1-4H3. The van der Waals surface area contributed by atoms with Crippen LogP contribution in [0.2, 0.25) is 0 Å². The first-order valence-electron chi connectivity index (χ1n) is 5.06. The van der Waals surface area contributed by atoms with Crippen LogP contribution in [0.4, 0.5) is 0 Å². The van der Waals surface area contributed by atoms with Crippen LogP contribution in [0.3, 0.4) is 0 Å². The summed E-state index contributed by atoms with van der Waals surface area (Å²) in [4.78, 5) is 0. The van der Waals surface area contributed by atoms with Gasteiger partial charge in [0.2, 0.25) is 0 Å². The number of rotatable bonds is 3. The molecule has 0 aromatic heterocycles. The number of nitrogens with zero attached hydrogens (tertiary/aromatic N) is 1. The van der Waals surface area contributed by atoms with E-state index in [4.69, 9.17) is 10.00 Å². The minimum Gasteiger partial charge on any atom is -0.491 e. The summed E-state index contributed by atoms with van der Waals surface area (Å²) in [7, 11) is 0. The van der Waals surface area contributed by atoms with E-state index >= 15 is 0 Å². The smallest absolute Gasteiger partial charge is 0.123 e. The lowest BCUT2D eigenvalue weighted by atomic mass is 10.00. The predicted octanol–water partition coefficient (Wildman–Crippen LogP) is 3.31. The summed E-state index contributed by atoms with van der Waals surface area (Å²) < 4.78 is 5.68. The van der Waals surface area contributed by atoms with Crippen LogP contribution in [0, 0.1) is 17.2 Å². The maximum atomic E-state index is 8.82. The van der Waals surface area contributed by atoms with Crippen LogP contribution >= 0.6 is 0 Å². The highest BCUT2D eigenvalue weighted by molar-refractivity contribution is 5.47. The predicted molar refractivity (Wildman–Crippen MR) is 60.6 cm³/mol. The molecule has 0 saturated carbocycles. The Kier molecular flexibility index (Phi) is 3.74. The third kappa shape index (κ3) is 2.99. The van der Waals surface area contributed by atoms with Gasteiger partial charge in [0.1, 0.15) is 5.75 Å². The number of hydrogen-bond acceptors (Lipinski definition) is 2. The van der Waals surface area contributed by atoms with E-state index in [0.717, 1.165) is 17.2 Å². The monoisotopic (exact) mass is 202 g/mol. The molecular weight excluding hydrogens is 186 g/mol. The third-order valence-electron chi connectivity index (χ3n) is 2.01. The number of ether oxygens (including phenoxy) is 1. The molecule has 0 aliphatic heterocycles. The summed E-state index contributed by atoms with van der Waals surface area (Å²) in [6, 6.07) is 7.65. The third-order valence-corrected chi connectivity index (χ3v) is 2.01. The summed E-state index contributed by atoms with van der Waals surface area (Å²) in [6.45, 7) is 8.02. The fourth-order valence-electron chi connectivity index (χ4n) is 1.35. The van der Waals surface area contributed by atoms with Crippen molar-refractivity contribution < 1.29 is 4.74 Å². The van der Waals surface area contributed by atoms with Crippen LogP contribution in [0.1, 0.15) is 38.8 Å². The molecule has 79 valence electrons. The molecule has 0 bridgehead atoms. The summed E-state index contributed by atoms with van der Waals surface area (Å²) in [5, 5.41) is 8.82. The zero-order chi connectivity index (χ0) is 11.4. The lowest BCUT2D eigenvalue weighted by molar-refractivity contribution is 0.240. The molecule has 0 spiro atoms. The lowest BCUT2D eigenvalue weighted by Gasteiger charge is -2.16. The minimum atomic E-state index is 0.149. The van der Waals surface area contributed by atoms with Crippen molar-refractivity contribution >= 4 is 0 Å². The van der Waals surface area contributed by atoms with E-state index in [1.807, 2.05) is 39.8 Å². The normalized spacial score (nSPS) is 10.5. The second-order valence-corrected chi connectivity index (χ2v) is 3.99. The SMILES string of the molecule is C[C](C)c1cc(C#N)ccc1OC(C)C. The van der Waals surface area contributed by atoms with Crippen LogP contribution in [-0.4, -0.2) is 6.10 Å². The summed E-state index contributed by atoms with van der Waals surface area (Å²) >= 11 is 0. The van der Waals surface area contributed by atoms with Crippen LogP contribution < -0.4 is 4.74 Å². The first-order chi connectivity index (χ1) is 7.04. The molecule has 15 heavy (non-hydrogen) atoms. The Morgan fingerprint density at radius 1 is 1.33 bits per heavy atom. The highest BCUT2D eigenvalue weighted by atomic mass is 16.5. The molecule has 0 N–H and O–H groups in total. The molecule has 0 aliphatic carbocycles. The lowest BCUT2D eigenvalue weighted by Crippen LogP contribution is -2.08. The van der Waals surface area contributed by atoms with E-state index in [0.29, 0.717) is 5.56 Å². The molecule has 1 aromatic carbocycles. The van der Waals surface area contributed by atoms with Crippen LogP contribution in [0.5, 0.6) is 5.75 Å². The highest BCUT2D eigenvalue weighted by Gasteiger charge is 2.10. The van der Waals surface area contributed by atoms with Crippen molar-refractivity contribution in [1.82, 2.24) is 0 Å². The Hall–Kier alpha value is -1.49. The summed E-state index contributed by atoms with van der Waals surface area (Å²) in [6.07, 6.45) is 0.149. The van der Waals surface area contributed by atoms with Crippen LogP contribution in [-0.2, 0) is 0 Å². The molecule has 1 aromatic rings. The molecule has 0 fully saturated rings. The van der Waals surface area contributed by atoms with Crippen molar-refractivity contribution in [1.29, 1.82) is 5.26 Å². The van der Waals surface area contributed by atoms with Crippen molar-refractivity contribution in [2.75, 3.05) is 0 Å². The Bertz CT molecular complexity index is 375. The van der Waals surface area contributed by atoms with Gasteiger partial charge < -0.3 is 4.74 Å². The van der Waals surface area contributed by atoms with Gasteiger partial charge in [-0.05, 0) is 32.0 Å². The van der Waals surface area contributed by atoms with E-state index in [2.05, 4.69) is 6.07 Å². The Labute approximate surface area is 91.5 Å².